The van der Waals surface area contributed by atoms with Gasteiger partial charge in [-0.2, -0.15) is 5.10 Å². The van der Waals surface area contributed by atoms with Gasteiger partial charge in [-0.05, 0) is 18.6 Å². The number of benzene rings is 1. The number of rotatable bonds is 2. The fraction of sp³-hybridized carbons (Fsp3) is 0.0909. The van der Waals surface area contributed by atoms with Crippen molar-refractivity contribution in [1.29, 1.82) is 0 Å². The van der Waals surface area contributed by atoms with Crippen LogP contribution in [0.15, 0.2) is 30.5 Å². The first-order valence-electron chi connectivity index (χ1n) is 4.37. The van der Waals surface area contributed by atoms with Gasteiger partial charge in [0.15, 0.2) is 0 Å². The Morgan fingerprint density at radius 3 is 2.93 bits per heavy atom. The Labute approximate surface area is 81.8 Å². The van der Waals surface area contributed by atoms with E-state index in [1.807, 2.05) is 31.3 Å². The number of aromatic amines is 1. The largest absolute Gasteiger partial charge is 0.298 e. The summed E-state index contributed by atoms with van der Waals surface area (Å²) in [4.78, 5) is 10.6. The summed E-state index contributed by atoms with van der Waals surface area (Å²) in [5.41, 5.74) is 3.67. The van der Waals surface area contributed by atoms with Crippen LogP contribution in [0.2, 0.25) is 0 Å². The Bertz CT molecular complexity index is 460. The zero-order valence-corrected chi connectivity index (χ0v) is 7.82. The van der Waals surface area contributed by atoms with Crippen LogP contribution in [-0.4, -0.2) is 16.5 Å². The van der Waals surface area contributed by atoms with Crippen LogP contribution in [0, 0.1) is 6.92 Å². The molecular formula is C11H10N2O. The molecular weight excluding hydrogens is 176 g/mol. The molecule has 0 atom stereocenters. The molecule has 0 radical (unpaired) electrons. The maximum absolute atomic E-state index is 10.6. The molecule has 0 aliphatic heterocycles. The Morgan fingerprint density at radius 1 is 1.43 bits per heavy atom. The van der Waals surface area contributed by atoms with Crippen LogP contribution in [-0.2, 0) is 0 Å². The van der Waals surface area contributed by atoms with Crippen LogP contribution in [0.1, 0.15) is 16.1 Å². The Morgan fingerprint density at radius 2 is 2.29 bits per heavy atom. The van der Waals surface area contributed by atoms with Crippen molar-refractivity contribution in [3.05, 3.63) is 41.7 Å². The monoisotopic (exact) mass is 186 g/mol. The van der Waals surface area contributed by atoms with Gasteiger partial charge in [-0.1, -0.05) is 18.2 Å². The summed E-state index contributed by atoms with van der Waals surface area (Å²) in [5.74, 6) is 0. The number of carbonyl (C=O) groups is 1. The molecule has 1 aromatic carbocycles. The summed E-state index contributed by atoms with van der Waals surface area (Å²) in [6.45, 7) is 1.93. The number of H-pyrrole nitrogens is 1. The zero-order valence-electron chi connectivity index (χ0n) is 7.82. The molecule has 1 aromatic heterocycles. The van der Waals surface area contributed by atoms with Crippen LogP contribution >= 0.6 is 0 Å². The van der Waals surface area contributed by atoms with Gasteiger partial charge in [0, 0.05) is 17.3 Å². The summed E-state index contributed by atoms with van der Waals surface area (Å²) in [6, 6.07) is 7.47. The van der Waals surface area contributed by atoms with Crippen molar-refractivity contribution in [3.8, 4) is 11.1 Å². The van der Waals surface area contributed by atoms with Gasteiger partial charge in [0.25, 0.3) is 0 Å². The third-order valence-electron chi connectivity index (χ3n) is 2.16. The second-order valence-corrected chi connectivity index (χ2v) is 3.13. The summed E-state index contributed by atoms with van der Waals surface area (Å²) in [6.07, 6.45) is 2.68. The normalized spacial score (nSPS) is 10.1. The van der Waals surface area contributed by atoms with Crippen molar-refractivity contribution in [2.45, 2.75) is 6.92 Å². The smallest absolute Gasteiger partial charge is 0.150 e. The molecule has 0 aliphatic rings. The van der Waals surface area contributed by atoms with Crippen molar-refractivity contribution >= 4 is 6.29 Å². The van der Waals surface area contributed by atoms with E-state index < -0.39 is 0 Å². The average Bonchev–Trinajstić information content (AvgIpc) is 2.65. The van der Waals surface area contributed by atoms with Crippen LogP contribution in [0.3, 0.4) is 0 Å². The van der Waals surface area contributed by atoms with Crippen molar-refractivity contribution in [2.75, 3.05) is 0 Å². The highest BCUT2D eigenvalue weighted by Crippen LogP contribution is 2.21. The molecule has 3 heteroatoms. The van der Waals surface area contributed by atoms with E-state index >= 15 is 0 Å². The Hall–Kier alpha value is -1.90. The van der Waals surface area contributed by atoms with Gasteiger partial charge in [0.2, 0.25) is 0 Å². The molecule has 0 unspecified atom stereocenters. The number of nitrogens with one attached hydrogen (secondary N) is 1. The van der Waals surface area contributed by atoms with Gasteiger partial charge >= 0.3 is 0 Å². The van der Waals surface area contributed by atoms with Gasteiger partial charge < -0.3 is 0 Å². The number of hydrogen-bond acceptors (Lipinski definition) is 2. The van der Waals surface area contributed by atoms with Gasteiger partial charge in [-0.3, -0.25) is 9.89 Å². The average molecular weight is 186 g/mol. The fourth-order valence-corrected chi connectivity index (χ4v) is 1.43. The van der Waals surface area contributed by atoms with E-state index in [4.69, 9.17) is 0 Å². The molecule has 1 heterocycles. The molecule has 0 fully saturated rings. The number of aryl methyl sites for hydroxylation is 1. The summed E-state index contributed by atoms with van der Waals surface area (Å²) >= 11 is 0. The molecule has 0 bridgehead atoms. The summed E-state index contributed by atoms with van der Waals surface area (Å²) in [7, 11) is 0. The Balaban J connectivity index is 2.52. The van der Waals surface area contributed by atoms with Crippen LogP contribution in [0.5, 0.6) is 0 Å². The maximum atomic E-state index is 10.6. The highest BCUT2D eigenvalue weighted by Gasteiger charge is 2.03. The number of carbonyl (C=O) groups excluding carboxylic acids is 1. The molecule has 0 saturated carbocycles. The predicted octanol–water partition coefficient (Wildman–Crippen LogP) is 2.20. The van der Waals surface area contributed by atoms with Gasteiger partial charge in [0.05, 0.1) is 5.69 Å². The SMILES string of the molecule is Cc1n[nH]cc1-c1cccc(C=O)c1. The molecule has 3 nitrogen and oxygen atoms in total. The van der Waals surface area contributed by atoms with E-state index in [1.165, 1.54) is 0 Å². The molecule has 70 valence electrons. The van der Waals surface area contributed by atoms with E-state index in [0.29, 0.717) is 5.56 Å². The maximum Gasteiger partial charge on any atom is 0.150 e. The molecule has 0 amide bonds. The second kappa shape index (κ2) is 3.46. The van der Waals surface area contributed by atoms with Crippen molar-refractivity contribution in [1.82, 2.24) is 10.2 Å². The molecule has 2 aromatic rings. The van der Waals surface area contributed by atoms with Gasteiger partial charge in [-0.25, -0.2) is 0 Å². The lowest BCUT2D eigenvalue weighted by Gasteiger charge is -1.99. The lowest BCUT2D eigenvalue weighted by molar-refractivity contribution is 0.112. The summed E-state index contributed by atoms with van der Waals surface area (Å²) < 4.78 is 0. The van der Waals surface area contributed by atoms with Crippen LogP contribution in [0.25, 0.3) is 11.1 Å². The van der Waals surface area contributed by atoms with Crippen LogP contribution < -0.4 is 0 Å². The lowest BCUT2D eigenvalue weighted by atomic mass is 10.0. The topological polar surface area (TPSA) is 45.8 Å². The first-order chi connectivity index (χ1) is 6.81. The van der Waals surface area contributed by atoms with E-state index in [9.17, 15) is 4.79 Å². The lowest BCUT2D eigenvalue weighted by Crippen LogP contribution is -1.82. The first kappa shape index (κ1) is 8.69. The highest BCUT2D eigenvalue weighted by molar-refractivity contribution is 5.79. The summed E-state index contributed by atoms with van der Waals surface area (Å²) in [5, 5.41) is 6.83. The molecule has 0 saturated heterocycles. The minimum absolute atomic E-state index is 0.683. The molecule has 0 aliphatic carbocycles. The second-order valence-electron chi connectivity index (χ2n) is 3.13. The van der Waals surface area contributed by atoms with E-state index in [2.05, 4.69) is 10.2 Å². The van der Waals surface area contributed by atoms with E-state index in [1.54, 1.807) is 6.07 Å². The molecule has 1 N–H and O–H groups in total. The van der Waals surface area contributed by atoms with Gasteiger partial charge in [0.1, 0.15) is 6.29 Å². The quantitative estimate of drug-likeness (QED) is 0.731. The molecule has 2 rings (SSSR count). The Kier molecular flexibility index (Phi) is 2.14. The van der Waals surface area contributed by atoms with Crippen molar-refractivity contribution in [2.24, 2.45) is 0 Å². The first-order valence-corrected chi connectivity index (χ1v) is 4.37. The molecule has 0 spiro atoms. The number of nitrogens with zero attached hydrogens (tertiary/aromatic N) is 1. The standard InChI is InChI=1S/C11H10N2O/c1-8-11(6-12-13-8)10-4-2-3-9(5-10)7-14/h2-7H,1H3,(H,12,13). The van der Waals surface area contributed by atoms with Crippen molar-refractivity contribution < 1.29 is 4.79 Å². The molecule has 14 heavy (non-hydrogen) atoms. The zero-order chi connectivity index (χ0) is 9.97. The van der Waals surface area contributed by atoms with Gasteiger partial charge in [-0.15, -0.1) is 0 Å². The number of hydrogen-bond donors (Lipinski definition) is 1. The van der Waals surface area contributed by atoms with E-state index in [0.717, 1.165) is 23.1 Å². The third kappa shape index (κ3) is 1.44. The number of aldehydes is 1. The minimum Gasteiger partial charge on any atom is -0.298 e. The highest BCUT2D eigenvalue weighted by atomic mass is 16.1. The fourth-order valence-electron chi connectivity index (χ4n) is 1.43. The van der Waals surface area contributed by atoms with E-state index in [-0.39, 0.29) is 0 Å². The predicted molar refractivity (Wildman–Crippen MR) is 54.1 cm³/mol. The third-order valence-corrected chi connectivity index (χ3v) is 2.16. The number of aromatic nitrogens is 2. The van der Waals surface area contributed by atoms with Crippen molar-refractivity contribution in [3.63, 3.8) is 0 Å². The minimum atomic E-state index is 0.683. The van der Waals surface area contributed by atoms with Crippen LogP contribution in [0.4, 0.5) is 0 Å².